The first-order valence-electron chi connectivity index (χ1n) is 11.5. The van der Waals surface area contributed by atoms with E-state index in [1.165, 1.54) is 11.1 Å². The molecule has 170 valence electrons. The number of aromatic amines is 1. The maximum Gasteiger partial charge on any atom is 0.278 e. The highest BCUT2D eigenvalue weighted by Gasteiger charge is 2.32. The molecule has 1 fully saturated rings. The van der Waals surface area contributed by atoms with Gasteiger partial charge in [-0.25, -0.2) is 0 Å². The van der Waals surface area contributed by atoms with Crippen molar-refractivity contribution in [1.82, 2.24) is 15.1 Å². The molecule has 0 radical (unpaired) electrons. The molecule has 0 saturated carbocycles. The number of nitrogens with one attached hydrogen (secondary N) is 1. The van der Waals surface area contributed by atoms with E-state index in [2.05, 4.69) is 22.3 Å². The van der Waals surface area contributed by atoms with Gasteiger partial charge in [-0.15, -0.1) is 0 Å². The van der Waals surface area contributed by atoms with Gasteiger partial charge in [-0.1, -0.05) is 42.5 Å². The Bertz CT molecular complexity index is 1140. The van der Waals surface area contributed by atoms with Gasteiger partial charge in [0.1, 0.15) is 6.10 Å². The number of amides is 2. The molecule has 1 N–H and O–H groups in total. The molecule has 2 aromatic carbocycles. The van der Waals surface area contributed by atoms with Crippen LogP contribution in [0.15, 0.2) is 60.7 Å². The van der Waals surface area contributed by atoms with Crippen LogP contribution in [0.2, 0.25) is 0 Å². The second kappa shape index (κ2) is 9.19. The highest BCUT2D eigenvalue weighted by Crippen LogP contribution is 2.29. The molecule has 2 amide bonds. The number of carbonyl (C=O) groups is 2. The van der Waals surface area contributed by atoms with Gasteiger partial charge in [0.25, 0.3) is 11.8 Å². The average Bonchev–Trinajstić information content (AvgIpc) is 3.38. The van der Waals surface area contributed by atoms with Crippen molar-refractivity contribution in [2.45, 2.75) is 37.9 Å². The molecule has 0 spiro atoms. The lowest BCUT2D eigenvalue weighted by Crippen LogP contribution is -2.46. The predicted molar refractivity (Wildman–Crippen MR) is 125 cm³/mol. The van der Waals surface area contributed by atoms with Gasteiger partial charge >= 0.3 is 0 Å². The third kappa shape index (κ3) is 4.41. The fraction of sp³-hybridized carbons (Fsp3) is 0.346. The number of rotatable bonds is 4. The van der Waals surface area contributed by atoms with Crippen LogP contribution < -0.4 is 4.90 Å². The zero-order valence-electron chi connectivity index (χ0n) is 18.7. The first-order valence-corrected chi connectivity index (χ1v) is 11.5. The van der Waals surface area contributed by atoms with Crippen LogP contribution >= 0.6 is 0 Å². The molecule has 1 atom stereocenters. The highest BCUT2D eigenvalue weighted by atomic mass is 16.5. The summed E-state index contributed by atoms with van der Waals surface area (Å²) in [4.78, 5) is 29.4. The quantitative estimate of drug-likeness (QED) is 0.668. The van der Waals surface area contributed by atoms with Crippen LogP contribution in [0.5, 0.6) is 0 Å². The fourth-order valence-corrected chi connectivity index (χ4v) is 4.72. The summed E-state index contributed by atoms with van der Waals surface area (Å²) in [5.74, 6) is 0.178. The molecule has 2 aliphatic rings. The molecule has 0 bridgehead atoms. The normalized spacial score (nSPS) is 18.6. The van der Waals surface area contributed by atoms with Crippen LogP contribution in [0.25, 0.3) is 0 Å². The molecular formula is C26H28N4O3. The molecule has 33 heavy (non-hydrogen) atoms. The number of H-pyrrole nitrogens is 1. The van der Waals surface area contributed by atoms with E-state index < -0.39 is 6.10 Å². The van der Waals surface area contributed by atoms with Crippen molar-refractivity contribution in [1.29, 1.82) is 0 Å². The first-order chi connectivity index (χ1) is 16.1. The average molecular weight is 445 g/mol. The lowest BCUT2D eigenvalue weighted by molar-refractivity contribution is -0.146. The molecule has 1 saturated heterocycles. The van der Waals surface area contributed by atoms with Gasteiger partial charge in [0.05, 0.1) is 6.61 Å². The number of carbonyl (C=O) groups excluding carboxylic acids is 2. The SMILES string of the molecule is CN(C(=O)c1cc(C2CCN(C(=O)C3Cc4ccccc4CO3)CC2)[nH]n1)c1ccccc1. The van der Waals surface area contributed by atoms with E-state index in [1.807, 2.05) is 53.4 Å². The zero-order chi connectivity index (χ0) is 22.8. The molecule has 7 nitrogen and oxygen atoms in total. The van der Waals surface area contributed by atoms with Crippen LogP contribution in [-0.2, 0) is 22.6 Å². The summed E-state index contributed by atoms with van der Waals surface area (Å²) >= 11 is 0. The largest absolute Gasteiger partial charge is 0.363 e. The number of aromatic nitrogens is 2. The number of ether oxygens (including phenoxy) is 1. The summed E-state index contributed by atoms with van der Waals surface area (Å²) < 4.78 is 5.87. The summed E-state index contributed by atoms with van der Waals surface area (Å²) in [5, 5.41) is 7.33. The van der Waals surface area contributed by atoms with Crippen molar-refractivity contribution in [3.8, 4) is 0 Å². The van der Waals surface area contributed by atoms with E-state index in [9.17, 15) is 9.59 Å². The van der Waals surface area contributed by atoms with E-state index in [4.69, 9.17) is 4.74 Å². The van der Waals surface area contributed by atoms with Gasteiger partial charge in [-0.05, 0) is 42.2 Å². The standard InChI is InChI=1S/C26H28N4O3/c1-29(21-9-3-2-4-10-21)25(31)23-16-22(27-28-23)18-11-13-30(14-12-18)26(32)24-15-19-7-5-6-8-20(19)17-33-24/h2-10,16,18,24H,11-15,17H2,1H3,(H,27,28). The summed E-state index contributed by atoms with van der Waals surface area (Å²) in [7, 11) is 1.75. The number of fused-ring (bicyclic) bond motifs is 1. The minimum Gasteiger partial charge on any atom is -0.363 e. The minimum absolute atomic E-state index is 0.0768. The maximum absolute atomic E-state index is 13.0. The van der Waals surface area contributed by atoms with E-state index in [-0.39, 0.29) is 17.7 Å². The fourth-order valence-electron chi connectivity index (χ4n) is 4.72. The number of nitrogens with zero attached hydrogens (tertiary/aromatic N) is 3. The van der Waals surface area contributed by atoms with Crippen LogP contribution in [0.1, 0.15) is 46.1 Å². The smallest absolute Gasteiger partial charge is 0.278 e. The van der Waals surface area contributed by atoms with Crippen LogP contribution in [0.4, 0.5) is 5.69 Å². The molecule has 1 aromatic heterocycles. The highest BCUT2D eigenvalue weighted by molar-refractivity contribution is 6.04. The topological polar surface area (TPSA) is 78.5 Å². The lowest BCUT2D eigenvalue weighted by atomic mass is 9.92. The lowest BCUT2D eigenvalue weighted by Gasteiger charge is -2.35. The van der Waals surface area contributed by atoms with E-state index in [1.54, 1.807) is 11.9 Å². The maximum atomic E-state index is 13.0. The van der Waals surface area contributed by atoms with Crippen molar-refractivity contribution >= 4 is 17.5 Å². The molecule has 0 aliphatic carbocycles. The number of benzene rings is 2. The molecule has 2 aliphatic heterocycles. The van der Waals surface area contributed by atoms with Gasteiger partial charge in [-0.2, -0.15) is 5.10 Å². The van der Waals surface area contributed by atoms with Gasteiger partial charge in [0.15, 0.2) is 5.69 Å². The number of hydrogen-bond donors (Lipinski definition) is 1. The molecule has 7 heteroatoms. The summed E-state index contributed by atoms with van der Waals surface area (Å²) in [6.45, 7) is 1.85. The zero-order valence-corrected chi connectivity index (χ0v) is 18.7. The third-order valence-corrected chi connectivity index (χ3v) is 6.75. The molecule has 3 aromatic rings. The second-order valence-electron chi connectivity index (χ2n) is 8.78. The Morgan fingerprint density at radius 2 is 1.73 bits per heavy atom. The number of likely N-dealkylation sites (tertiary alicyclic amines) is 1. The summed E-state index contributed by atoms with van der Waals surface area (Å²) in [5.41, 5.74) is 4.56. The number of para-hydroxylation sites is 1. The van der Waals surface area contributed by atoms with Gasteiger partial charge < -0.3 is 14.5 Å². The van der Waals surface area contributed by atoms with Crippen LogP contribution in [0, 0.1) is 0 Å². The number of anilines is 1. The van der Waals surface area contributed by atoms with Gasteiger partial charge in [0, 0.05) is 43.9 Å². The van der Waals surface area contributed by atoms with E-state index >= 15 is 0 Å². The van der Waals surface area contributed by atoms with E-state index in [0.717, 1.165) is 24.2 Å². The Morgan fingerprint density at radius 1 is 1.03 bits per heavy atom. The van der Waals surface area contributed by atoms with Crippen molar-refractivity contribution in [3.63, 3.8) is 0 Å². The predicted octanol–water partition coefficient (Wildman–Crippen LogP) is 3.53. The van der Waals surface area contributed by atoms with Gasteiger partial charge in [0.2, 0.25) is 0 Å². The molecule has 3 heterocycles. The molecule has 1 unspecified atom stereocenters. The molecule has 5 rings (SSSR count). The van der Waals surface area contributed by atoms with Crippen molar-refractivity contribution in [2.75, 3.05) is 25.0 Å². The Kier molecular flexibility index (Phi) is 5.96. The van der Waals surface area contributed by atoms with Crippen molar-refractivity contribution in [3.05, 3.63) is 83.2 Å². The summed E-state index contributed by atoms with van der Waals surface area (Å²) in [6, 6.07) is 19.5. The Balaban J connectivity index is 1.18. The van der Waals surface area contributed by atoms with Crippen LogP contribution in [0.3, 0.4) is 0 Å². The molecular weight excluding hydrogens is 416 g/mol. The monoisotopic (exact) mass is 444 g/mol. The number of piperidine rings is 1. The first kappa shape index (κ1) is 21.4. The second-order valence-corrected chi connectivity index (χ2v) is 8.78. The van der Waals surface area contributed by atoms with Crippen molar-refractivity contribution in [2.24, 2.45) is 0 Å². The Morgan fingerprint density at radius 3 is 2.48 bits per heavy atom. The number of hydrogen-bond acceptors (Lipinski definition) is 4. The summed E-state index contributed by atoms with van der Waals surface area (Å²) in [6.07, 6.45) is 1.90. The van der Waals surface area contributed by atoms with E-state index in [0.29, 0.717) is 31.8 Å². The van der Waals surface area contributed by atoms with Crippen LogP contribution in [-0.4, -0.2) is 53.2 Å². The van der Waals surface area contributed by atoms with Crippen molar-refractivity contribution < 1.29 is 14.3 Å². The Labute approximate surface area is 193 Å². The van der Waals surface area contributed by atoms with Gasteiger partial charge in [-0.3, -0.25) is 14.7 Å². The Hall–Kier alpha value is -3.45. The minimum atomic E-state index is -0.402. The third-order valence-electron chi connectivity index (χ3n) is 6.75.